The van der Waals surface area contributed by atoms with Gasteiger partial charge in [-0.15, -0.1) is 0 Å². The van der Waals surface area contributed by atoms with Gasteiger partial charge in [0.2, 0.25) is 5.91 Å². The molecule has 4 unspecified atom stereocenters. The lowest BCUT2D eigenvalue weighted by atomic mass is 9.89. The largest absolute Gasteiger partial charge is 0.487 e. The summed E-state index contributed by atoms with van der Waals surface area (Å²) in [5.74, 6) is 0.744. The maximum Gasteiger partial charge on any atom is 0.407 e. The number of aromatic nitrogens is 4. The SMILES string of the molecule is CCC1CCN(C(=O)CNC(=O)OC2CCCC2CCCCCc2nc3ccc(OCc4cnccn4)cc3[nH]c2=O)C1C(=O)C(C)C. The minimum Gasteiger partial charge on any atom is -0.487 e. The van der Waals surface area contributed by atoms with Gasteiger partial charge in [0.05, 0.1) is 29.0 Å². The molecule has 258 valence electrons. The maximum absolute atomic E-state index is 13.0. The average Bonchev–Trinajstić information content (AvgIpc) is 3.73. The van der Waals surface area contributed by atoms with Gasteiger partial charge in [-0.25, -0.2) is 9.78 Å². The molecule has 1 aliphatic carbocycles. The number of nitrogens with one attached hydrogen (secondary N) is 2. The molecule has 2 fully saturated rings. The number of fused-ring (bicyclic) bond motifs is 1. The number of aromatic amines is 1. The number of unbranched alkanes of at least 4 members (excludes halogenated alkanes) is 2. The highest BCUT2D eigenvalue weighted by Gasteiger charge is 2.41. The molecule has 1 aliphatic heterocycles. The van der Waals surface area contributed by atoms with E-state index in [1.54, 1.807) is 29.6 Å². The number of likely N-dealkylation sites (tertiary alicyclic amines) is 1. The van der Waals surface area contributed by atoms with E-state index in [1.165, 1.54) is 0 Å². The molecule has 2 N–H and O–H groups in total. The highest BCUT2D eigenvalue weighted by molar-refractivity contribution is 5.92. The Balaban J connectivity index is 1.02. The standard InChI is InChI=1S/C36H48N6O6/c1-4-24-15-18-42(33(24)34(44)23(2)3)32(43)21-39-36(46)48-31-12-8-10-25(31)9-6-5-7-11-29-35(45)41-30-19-27(13-14-28(30)40-29)47-22-26-20-37-16-17-38-26/h13-14,16-17,19-20,23-25,31,33H,4-12,15,18,21-22H2,1-3H3,(H,39,46)(H,41,45). The molecule has 5 rings (SSSR count). The quantitative estimate of drug-likeness (QED) is 0.211. The molecule has 2 aliphatic rings. The predicted molar refractivity (Wildman–Crippen MR) is 180 cm³/mol. The van der Waals surface area contributed by atoms with E-state index in [-0.39, 0.29) is 54.3 Å². The Labute approximate surface area is 281 Å². The van der Waals surface area contributed by atoms with Crippen molar-refractivity contribution in [1.29, 1.82) is 0 Å². The third-order valence-electron chi connectivity index (χ3n) is 9.69. The van der Waals surface area contributed by atoms with Crippen molar-refractivity contribution in [2.75, 3.05) is 13.1 Å². The number of nitrogens with zero attached hydrogens (tertiary/aromatic N) is 4. The Hall–Kier alpha value is -4.35. The van der Waals surface area contributed by atoms with Gasteiger partial charge in [0.15, 0.2) is 5.78 Å². The number of alkyl carbamates (subject to hydrolysis) is 1. The first-order valence-electron chi connectivity index (χ1n) is 17.4. The van der Waals surface area contributed by atoms with Gasteiger partial charge >= 0.3 is 6.09 Å². The second kappa shape index (κ2) is 16.7. The number of carbonyl (C=O) groups excluding carboxylic acids is 3. The molecule has 2 amide bonds. The summed E-state index contributed by atoms with van der Waals surface area (Å²) < 4.78 is 11.6. The zero-order valence-electron chi connectivity index (χ0n) is 28.3. The van der Waals surface area contributed by atoms with Crippen LogP contribution in [0.3, 0.4) is 0 Å². The molecule has 12 heteroatoms. The summed E-state index contributed by atoms with van der Waals surface area (Å²) in [6, 6.07) is 5.02. The van der Waals surface area contributed by atoms with E-state index < -0.39 is 12.1 Å². The van der Waals surface area contributed by atoms with Gasteiger partial charge in [-0.3, -0.25) is 24.4 Å². The smallest absolute Gasteiger partial charge is 0.407 e. The van der Waals surface area contributed by atoms with Crippen LogP contribution in [0.2, 0.25) is 0 Å². The summed E-state index contributed by atoms with van der Waals surface area (Å²) in [5, 5.41) is 2.64. The van der Waals surface area contributed by atoms with E-state index in [4.69, 9.17) is 9.47 Å². The van der Waals surface area contributed by atoms with Gasteiger partial charge in [0.1, 0.15) is 30.7 Å². The zero-order valence-corrected chi connectivity index (χ0v) is 28.3. The number of rotatable bonds is 15. The van der Waals surface area contributed by atoms with Gasteiger partial charge in [0.25, 0.3) is 5.56 Å². The third kappa shape index (κ3) is 8.96. The molecule has 4 atom stereocenters. The number of hydrogen-bond donors (Lipinski definition) is 2. The number of ether oxygens (including phenoxy) is 2. The summed E-state index contributed by atoms with van der Waals surface area (Å²) in [6.07, 6.45) is 12.8. The van der Waals surface area contributed by atoms with Crippen molar-refractivity contribution in [1.82, 2.24) is 30.2 Å². The van der Waals surface area contributed by atoms with Crippen molar-refractivity contribution in [2.45, 2.75) is 104 Å². The summed E-state index contributed by atoms with van der Waals surface area (Å²) in [4.78, 5) is 68.6. The van der Waals surface area contributed by atoms with E-state index in [0.29, 0.717) is 41.1 Å². The molecular formula is C36H48N6O6. The number of benzene rings is 1. The summed E-state index contributed by atoms with van der Waals surface area (Å²) >= 11 is 0. The molecule has 0 spiro atoms. The van der Waals surface area contributed by atoms with Crippen LogP contribution in [0.25, 0.3) is 11.0 Å². The molecule has 48 heavy (non-hydrogen) atoms. The molecule has 1 saturated heterocycles. The van der Waals surface area contributed by atoms with Crippen LogP contribution in [-0.4, -0.2) is 67.9 Å². The predicted octanol–water partition coefficient (Wildman–Crippen LogP) is 5.14. The highest BCUT2D eigenvalue weighted by Crippen LogP contribution is 2.33. The number of carbonyl (C=O) groups is 3. The van der Waals surface area contributed by atoms with E-state index >= 15 is 0 Å². The van der Waals surface area contributed by atoms with Crippen molar-refractivity contribution < 1.29 is 23.9 Å². The summed E-state index contributed by atoms with van der Waals surface area (Å²) in [6.45, 7) is 6.42. The number of hydrogen-bond acceptors (Lipinski definition) is 9. The van der Waals surface area contributed by atoms with Crippen LogP contribution in [0.4, 0.5) is 4.79 Å². The fraction of sp³-hybridized carbons (Fsp3) is 0.583. The summed E-state index contributed by atoms with van der Waals surface area (Å²) in [7, 11) is 0. The Morgan fingerprint density at radius 2 is 1.94 bits per heavy atom. The molecule has 3 aromatic rings. The Bertz CT molecular complexity index is 1610. The van der Waals surface area contributed by atoms with E-state index in [9.17, 15) is 19.2 Å². The van der Waals surface area contributed by atoms with Crippen LogP contribution in [0.5, 0.6) is 5.75 Å². The lowest BCUT2D eigenvalue weighted by Crippen LogP contribution is -2.48. The lowest BCUT2D eigenvalue weighted by Gasteiger charge is -2.28. The van der Waals surface area contributed by atoms with Crippen LogP contribution in [0, 0.1) is 17.8 Å². The topological polar surface area (TPSA) is 156 Å². The molecule has 1 aromatic carbocycles. The van der Waals surface area contributed by atoms with Crippen LogP contribution < -0.4 is 15.6 Å². The maximum atomic E-state index is 13.0. The van der Waals surface area contributed by atoms with Crippen molar-refractivity contribution in [3.8, 4) is 5.75 Å². The first-order chi connectivity index (χ1) is 23.2. The number of H-pyrrole nitrogens is 1. The van der Waals surface area contributed by atoms with Crippen molar-refractivity contribution >= 4 is 28.8 Å². The Kier molecular flexibility index (Phi) is 12.1. The first-order valence-corrected chi connectivity index (χ1v) is 17.4. The average molecular weight is 661 g/mol. The molecule has 0 bridgehead atoms. The number of ketones is 1. The van der Waals surface area contributed by atoms with Gasteiger partial charge in [-0.1, -0.05) is 40.0 Å². The Morgan fingerprint density at radius 3 is 2.71 bits per heavy atom. The second-order valence-electron chi connectivity index (χ2n) is 13.3. The fourth-order valence-electron chi connectivity index (χ4n) is 7.01. The monoisotopic (exact) mass is 660 g/mol. The molecule has 2 aromatic heterocycles. The lowest BCUT2D eigenvalue weighted by molar-refractivity contribution is -0.139. The van der Waals surface area contributed by atoms with Gasteiger partial charge in [-0.2, -0.15) is 0 Å². The molecular weight excluding hydrogens is 612 g/mol. The van der Waals surface area contributed by atoms with Gasteiger partial charge in [0, 0.05) is 30.9 Å². The normalized spacial score (nSPS) is 20.7. The van der Waals surface area contributed by atoms with E-state index in [0.717, 1.165) is 57.8 Å². The van der Waals surface area contributed by atoms with Crippen LogP contribution >= 0.6 is 0 Å². The number of aryl methyl sites for hydroxylation is 1. The first kappa shape index (κ1) is 35.0. The minimum absolute atomic E-state index is 0.0837. The minimum atomic E-state index is -0.580. The van der Waals surface area contributed by atoms with E-state index in [2.05, 4.69) is 25.3 Å². The number of Topliss-reactive ketones (excluding diaryl/α,β-unsaturated/α-hetero) is 1. The molecule has 1 saturated carbocycles. The van der Waals surface area contributed by atoms with Crippen LogP contribution in [0.1, 0.15) is 89.9 Å². The van der Waals surface area contributed by atoms with Crippen molar-refractivity contribution in [3.63, 3.8) is 0 Å². The zero-order chi connectivity index (χ0) is 34.0. The van der Waals surface area contributed by atoms with E-state index in [1.807, 2.05) is 32.9 Å². The van der Waals surface area contributed by atoms with Crippen molar-refractivity contribution in [3.05, 3.63) is 58.5 Å². The molecule has 12 nitrogen and oxygen atoms in total. The molecule has 0 radical (unpaired) electrons. The fourth-order valence-corrected chi connectivity index (χ4v) is 7.01. The second-order valence-corrected chi connectivity index (χ2v) is 13.3. The summed E-state index contributed by atoms with van der Waals surface area (Å²) in [5.41, 5.74) is 2.36. The molecule has 3 heterocycles. The van der Waals surface area contributed by atoms with Crippen LogP contribution in [-0.2, 0) is 27.4 Å². The number of amides is 2. The Morgan fingerprint density at radius 1 is 1.08 bits per heavy atom. The van der Waals surface area contributed by atoms with Crippen molar-refractivity contribution in [2.24, 2.45) is 17.8 Å². The van der Waals surface area contributed by atoms with Gasteiger partial charge in [-0.05, 0) is 68.9 Å². The highest BCUT2D eigenvalue weighted by atomic mass is 16.6. The van der Waals surface area contributed by atoms with Gasteiger partial charge < -0.3 is 24.7 Å². The third-order valence-corrected chi connectivity index (χ3v) is 9.69. The van der Waals surface area contributed by atoms with Crippen LogP contribution in [0.15, 0.2) is 41.6 Å².